The molecule has 1 atom stereocenters. The van der Waals surface area contributed by atoms with Crippen molar-refractivity contribution < 1.29 is 4.74 Å². The van der Waals surface area contributed by atoms with Crippen molar-refractivity contribution in [2.45, 2.75) is 38.6 Å². The fourth-order valence-corrected chi connectivity index (χ4v) is 2.48. The number of rotatable bonds is 8. The van der Waals surface area contributed by atoms with Gasteiger partial charge in [-0.3, -0.25) is 4.90 Å². The molecule has 1 aliphatic rings. The summed E-state index contributed by atoms with van der Waals surface area (Å²) in [4.78, 5) is 4.85. The zero-order valence-corrected chi connectivity index (χ0v) is 11.9. The van der Waals surface area contributed by atoms with Gasteiger partial charge in [-0.15, -0.1) is 0 Å². The molecule has 1 rings (SSSR count). The van der Waals surface area contributed by atoms with Crippen LogP contribution in [0.2, 0.25) is 0 Å². The van der Waals surface area contributed by atoms with Crippen molar-refractivity contribution in [1.82, 2.24) is 9.80 Å². The number of ether oxygens (including phenoxy) is 1. The fourth-order valence-electron chi connectivity index (χ4n) is 2.48. The second kappa shape index (κ2) is 9.32. The summed E-state index contributed by atoms with van der Waals surface area (Å²) in [6, 6.07) is 2.57. The molecule has 0 spiro atoms. The Morgan fingerprint density at radius 2 is 1.94 bits per heavy atom. The van der Waals surface area contributed by atoms with Crippen molar-refractivity contribution in [2.24, 2.45) is 0 Å². The van der Waals surface area contributed by atoms with E-state index < -0.39 is 0 Å². The molecule has 0 aromatic carbocycles. The van der Waals surface area contributed by atoms with Crippen LogP contribution in [0, 0.1) is 11.3 Å². The van der Waals surface area contributed by atoms with Gasteiger partial charge >= 0.3 is 0 Å². The third-order valence-electron chi connectivity index (χ3n) is 3.63. The Hall–Kier alpha value is -0.630. The summed E-state index contributed by atoms with van der Waals surface area (Å²) >= 11 is 0. The number of hydrogen-bond donors (Lipinski definition) is 0. The minimum absolute atomic E-state index is 0.130. The molecule has 104 valence electrons. The smallest absolute Gasteiger partial charge is 0.0978 e. The van der Waals surface area contributed by atoms with E-state index in [-0.39, 0.29) is 6.04 Å². The first-order valence-electron chi connectivity index (χ1n) is 7.16. The van der Waals surface area contributed by atoms with E-state index in [1.807, 2.05) is 0 Å². The van der Waals surface area contributed by atoms with Crippen LogP contribution in [-0.4, -0.2) is 62.3 Å². The average molecular weight is 253 g/mol. The van der Waals surface area contributed by atoms with E-state index in [9.17, 15) is 0 Å². The van der Waals surface area contributed by atoms with Crippen LogP contribution in [0.15, 0.2) is 0 Å². The Bertz CT molecular complexity index is 244. The molecule has 0 radical (unpaired) electrons. The van der Waals surface area contributed by atoms with Gasteiger partial charge in [0.1, 0.15) is 0 Å². The fraction of sp³-hybridized carbons (Fsp3) is 0.929. The van der Waals surface area contributed by atoms with Crippen LogP contribution in [0.5, 0.6) is 0 Å². The minimum Gasteiger partial charge on any atom is -0.385 e. The van der Waals surface area contributed by atoms with Crippen LogP contribution in [0.1, 0.15) is 32.6 Å². The van der Waals surface area contributed by atoms with Crippen molar-refractivity contribution in [3.8, 4) is 6.07 Å². The number of unbranched alkanes of at least 4 members (excludes halogenated alkanes) is 1. The molecule has 4 heteroatoms. The van der Waals surface area contributed by atoms with Gasteiger partial charge in [0, 0.05) is 39.9 Å². The van der Waals surface area contributed by atoms with Gasteiger partial charge < -0.3 is 9.64 Å². The van der Waals surface area contributed by atoms with Gasteiger partial charge in [0.15, 0.2) is 0 Å². The highest BCUT2D eigenvalue weighted by Crippen LogP contribution is 2.11. The molecule has 0 bridgehead atoms. The minimum atomic E-state index is 0.130. The molecule has 0 aliphatic carbocycles. The molecule has 18 heavy (non-hydrogen) atoms. The highest BCUT2D eigenvalue weighted by molar-refractivity contribution is 4.93. The molecule has 0 aromatic heterocycles. The van der Waals surface area contributed by atoms with Gasteiger partial charge in [0.2, 0.25) is 0 Å². The van der Waals surface area contributed by atoms with Crippen molar-refractivity contribution in [3.05, 3.63) is 0 Å². The predicted molar refractivity (Wildman–Crippen MR) is 73.4 cm³/mol. The quantitative estimate of drug-likeness (QED) is 0.618. The highest BCUT2D eigenvalue weighted by Gasteiger charge is 2.22. The molecule has 1 unspecified atom stereocenters. The Balaban J connectivity index is 2.17. The number of nitrogens with zero attached hydrogens (tertiary/aromatic N) is 3. The summed E-state index contributed by atoms with van der Waals surface area (Å²) in [5, 5.41) is 9.16. The van der Waals surface area contributed by atoms with Crippen LogP contribution < -0.4 is 0 Å². The maximum absolute atomic E-state index is 9.16. The van der Waals surface area contributed by atoms with E-state index in [0.29, 0.717) is 0 Å². The van der Waals surface area contributed by atoms with E-state index in [1.165, 1.54) is 13.0 Å². The summed E-state index contributed by atoms with van der Waals surface area (Å²) in [7, 11) is 1.76. The summed E-state index contributed by atoms with van der Waals surface area (Å²) in [5.41, 5.74) is 0. The molecule has 4 nitrogen and oxygen atoms in total. The lowest BCUT2D eigenvalue weighted by atomic mass is 10.1. The summed E-state index contributed by atoms with van der Waals surface area (Å²) in [6.45, 7) is 8.49. The third-order valence-corrected chi connectivity index (χ3v) is 3.63. The van der Waals surface area contributed by atoms with Crippen LogP contribution in [0.25, 0.3) is 0 Å². The van der Waals surface area contributed by atoms with Crippen LogP contribution in [0.3, 0.4) is 0 Å². The average Bonchev–Trinajstić information content (AvgIpc) is 2.42. The van der Waals surface area contributed by atoms with Gasteiger partial charge in [0.25, 0.3) is 0 Å². The number of methoxy groups -OCH3 is 1. The molecule has 0 amide bonds. The van der Waals surface area contributed by atoms with Gasteiger partial charge in [0.05, 0.1) is 12.1 Å². The molecular formula is C14H27N3O. The van der Waals surface area contributed by atoms with E-state index in [0.717, 1.165) is 52.0 Å². The molecule has 0 N–H and O–H groups in total. The summed E-state index contributed by atoms with van der Waals surface area (Å²) in [5.74, 6) is 0. The molecule has 1 fully saturated rings. The topological polar surface area (TPSA) is 39.5 Å². The molecular weight excluding hydrogens is 226 g/mol. The Labute approximate surface area is 112 Å². The second-order valence-corrected chi connectivity index (χ2v) is 5.01. The number of hydrogen-bond acceptors (Lipinski definition) is 4. The first-order chi connectivity index (χ1) is 8.81. The first kappa shape index (κ1) is 15.4. The largest absolute Gasteiger partial charge is 0.385 e. The van der Waals surface area contributed by atoms with Gasteiger partial charge in [-0.2, -0.15) is 5.26 Å². The number of piperazine rings is 1. The van der Waals surface area contributed by atoms with E-state index in [4.69, 9.17) is 10.00 Å². The van der Waals surface area contributed by atoms with Crippen LogP contribution in [0.4, 0.5) is 0 Å². The van der Waals surface area contributed by atoms with Gasteiger partial charge in [-0.25, -0.2) is 0 Å². The monoisotopic (exact) mass is 253 g/mol. The highest BCUT2D eigenvalue weighted by atomic mass is 16.5. The van der Waals surface area contributed by atoms with Crippen molar-refractivity contribution >= 4 is 0 Å². The van der Waals surface area contributed by atoms with E-state index in [2.05, 4.69) is 22.8 Å². The number of nitriles is 1. The maximum atomic E-state index is 9.16. The molecule has 1 saturated heterocycles. The SMILES string of the molecule is CCCC(C#N)N1CCN(CCCCOC)CC1. The Kier molecular flexibility index (Phi) is 7.99. The summed E-state index contributed by atoms with van der Waals surface area (Å²) < 4.78 is 5.06. The maximum Gasteiger partial charge on any atom is 0.0978 e. The molecule has 1 heterocycles. The van der Waals surface area contributed by atoms with Crippen molar-refractivity contribution in [1.29, 1.82) is 5.26 Å². The lowest BCUT2D eigenvalue weighted by Crippen LogP contribution is -2.50. The lowest BCUT2D eigenvalue weighted by Gasteiger charge is -2.36. The third kappa shape index (κ3) is 5.34. The molecule has 1 aliphatic heterocycles. The molecule has 0 aromatic rings. The first-order valence-corrected chi connectivity index (χ1v) is 7.16. The Morgan fingerprint density at radius 3 is 2.50 bits per heavy atom. The standard InChI is InChI=1S/C14H27N3O/c1-3-6-14(13-15)17-10-8-16(9-11-17)7-4-5-12-18-2/h14H,3-12H2,1-2H3. The van der Waals surface area contributed by atoms with Gasteiger partial charge in [-0.1, -0.05) is 13.3 Å². The van der Waals surface area contributed by atoms with Gasteiger partial charge in [-0.05, 0) is 25.8 Å². The summed E-state index contributed by atoms with van der Waals surface area (Å²) in [6.07, 6.45) is 4.46. The predicted octanol–water partition coefficient (Wildman–Crippen LogP) is 1.72. The van der Waals surface area contributed by atoms with E-state index in [1.54, 1.807) is 7.11 Å². The van der Waals surface area contributed by atoms with Crippen LogP contribution >= 0.6 is 0 Å². The van der Waals surface area contributed by atoms with Crippen LogP contribution in [-0.2, 0) is 4.74 Å². The van der Waals surface area contributed by atoms with Crippen molar-refractivity contribution in [2.75, 3.05) is 46.4 Å². The zero-order chi connectivity index (χ0) is 13.2. The van der Waals surface area contributed by atoms with E-state index >= 15 is 0 Å². The lowest BCUT2D eigenvalue weighted by molar-refractivity contribution is 0.106. The molecule has 0 saturated carbocycles. The normalized spacial score (nSPS) is 19.6. The van der Waals surface area contributed by atoms with Crippen molar-refractivity contribution in [3.63, 3.8) is 0 Å². The second-order valence-electron chi connectivity index (χ2n) is 5.01. The Morgan fingerprint density at radius 1 is 1.22 bits per heavy atom. The zero-order valence-electron chi connectivity index (χ0n) is 11.9.